The average Bonchev–Trinajstić information content (AvgIpc) is 2.48. The lowest BCUT2D eigenvalue weighted by Gasteiger charge is -2.03. The molecular weight excluding hydrogens is 169 g/mol. The summed E-state index contributed by atoms with van der Waals surface area (Å²) in [7, 11) is 0. The Bertz CT molecular complexity index is 373. The second kappa shape index (κ2) is 2.83. The van der Waals surface area contributed by atoms with E-state index in [4.69, 9.17) is 0 Å². The number of anilines is 1. The molecule has 1 aromatic rings. The van der Waals surface area contributed by atoms with Gasteiger partial charge in [-0.05, 0) is 31.0 Å². The summed E-state index contributed by atoms with van der Waals surface area (Å²) in [5.74, 6) is -0.646. The molecule has 0 saturated carbocycles. The fourth-order valence-corrected chi connectivity index (χ4v) is 1.59. The van der Waals surface area contributed by atoms with Crippen LogP contribution < -0.4 is 5.32 Å². The summed E-state index contributed by atoms with van der Waals surface area (Å²) in [6, 6.07) is 3.05. The van der Waals surface area contributed by atoms with Gasteiger partial charge in [0.15, 0.2) is 5.78 Å². The van der Waals surface area contributed by atoms with Gasteiger partial charge in [-0.15, -0.1) is 0 Å². The molecule has 1 heterocycles. The highest BCUT2D eigenvalue weighted by atomic mass is 19.1. The van der Waals surface area contributed by atoms with Gasteiger partial charge < -0.3 is 5.32 Å². The number of benzene rings is 1. The highest BCUT2D eigenvalue weighted by molar-refractivity contribution is 5.95. The largest absolute Gasteiger partial charge is 0.384 e. The van der Waals surface area contributed by atoms with Crippen LogP contribution in [0.25, 0.3) is 0 Å². The maximum atomic E-state index is 13.2. The topological polar surface area (TPSA) is 29.1 Å². The highest BCUT2D eigenvalue weighted by Crippen LogP contribution is 2.25. The van der Waals surface area contributed by atoms with Gasteiger partial charge in [0.2, 0.25) is 0 Å². The van der Waals surface area contributed by atoms with E-state index in [1.54, 1.807) is 6.07 Å². The highest BCUT2D eigenvalue weighted by Gasteiger charge is 2.15. The summed E-state index contributed by atoms with van der Waals surface area (Å²) >= 11 is 0. The summed E-state index contributed by atoms with van der Waals surface area (Å²) in [6.07, 6.45) is 0.871. The molecule has 1 aliphatic heterocycles. The molecule has 0 atom stereocenters. The Kier molecular flexibility index (Phi) is 1.79. The van der Waals surface area contributed by atoms with Gasteiger partial charge in [0.25, 0.3) is 0 Å². The summed E-state index contributed by atoms with van der Waals surface area (Å²) in [6.45, 7) is 2.21. The molecule has 68 valence electrons. The first-order valence-corrected chi connectivity index (χ1v) is 4.25. The first kappa shape index (κ1) is 8.23. The molecule has 1 aromatic carbocycles. The van der Waals surface area contributed by atoms with E-state index in [2.05, 4.69) is 5.32 Å². The first-order valence-electron chi connectivity index (χ1n) is 4.25. The van der Waals surface area contributed by atoms with Crippen LogP contribution >= 0.6 is 0 Å². The van der Waals surface area contributed by atoms with Crippen LogP contribution in [-0.2, 0) is 6.42 Å². The standard InChI is InChI=1S/C10H10FNO/c1-6(13)8-4-7-2-3-12-10(7)5-9(8)11/h4-5,12H,2-3H2,1H3. The second-order valence-electron chi connectivity index (χ2n) is 3.22. The number of nitrogens with one attached hydrogen (secondary N) is 1. The van der Waals surface area contributed by atoms with Crippen LogP contribution in [0.5, 0.6) is 0 Å². The molecule has 0 unspecified atom stereocenters. The Hall–Kier alpha value is -1.38. The molecule has 0 spiro atoms. The molecule has 0 saturated heterocycles. The van der Waals surface area contributed by atoms with Crippen molar-refractivity contribution in [2.75, 3.05) is 11.9 Å². The lowest BCUT2D eigenvalue weighted by molar-refractivity contribution is 0.101. The lowest BCUT2D eigenvalue weighted by atomic mass is 10.1. The van der Waals surface area contributed by atoms with E-state index in [0.717, 1.165) is 24.2 Å². The number of Topliss-reactive ketones (excluding diaryl/α,β-unsaturated/α-hetero) is 1. The van der Waals surface area contributed by atoms with Crippen molar-refractivity contribution in [2.24, 2.45) is 0 Å². The summed E-state index contributed by atoms with van der Waals surface area (Å²) in [5.41, 5.74) is 2.05. The van der Waals surface area contributed by atoms with E-state index in [9.17, 15) is 9.18 Å². The minimum absolute atomic E-state index is 0.197. The predicted octanol–water partition coefficient (Wildman–Crippen LogP) is 2.00. The number of hydrogen-bond acceptors (Lipinski definition) is 2. The average molecular weight is 179 g/mol. The van der Waals surface area contributed by atoms with Gasteiger partial charge in [-0.1, -0.05) is 0 Å². The van der Waals surface area contributed by atoms with E-state index >= 15 is 0 Å². The SMILES string of the molecule is CC(=O)c1cc2c(cc1F)NCC2. The quantitative estimate of drug-likeness (QED) is 0.668. The van der Waals surface area contributed by atoms with Crippen LogP contribution in [-0.4, -0.2) is 12.3 Å². The Morgan fingerprint density at radius 1 is 1.54 bits per heavy atom. The van der Waals surface area contributed by atoms with Crippen molar-refractivity contribution in [3.63, 3.8) is 0 Å². The third kappa shape index (κ3) is 1.30. The molecule has 2 nitrogen and oxygen atoms in total. The monoisotopic (exact) mass is 179 g/mol. The molecule has 0 bridgehead atoms. The number of fused-ring (bicyclic) bond motifs is 1. The summed E-state index contributed by atoms with van der Waals surface area (Å²) < 4.78 is 13.2. The Morgan fingerprint density at radius 3 is 3.00 bits per heavy atom. The Balaban J connectivity index is 2.55. The Labute approximate surface area is 75.8 Å². The zero-order valence-corrected chi connectivity index (χ0v) is 7.36. The van der Waals surface area contributed by atoms with Gasteiger partial charge in [0.05, 0.1) is 5.56 Å². The third-order valence-corrected chi connectivity index (χ3v) is 2.28. The van der Waals surface area contributed by atoms with Gasteiger partial charge in [0.1, 0.15) is 5.82 Å². The van der Waals surface area contributed by atoms with Gasteiger partial charge >= 0.3 is 0 Å². The second-order valence-corrected chi connectivity index (χ2v) is 3.22. The van der Waals surface area contributed by atoms with Gasteiger partial charge in [-0.2, -0.15) is 0 Å². The molecule has 1 N–H and O–H groups in total. The minimum atomic E-state index is -0.430. The number of carbonyl (C=O) groups is 1. The molecule has 1 aliphatic rings. The van der Waals surface area contributed by atoms with E-state index in [1.807, 2.05) is 0 Å². The van der Waals surface area contributed by atoms with Crippen LogP contribution in [0.4, 0.5) is 10.1 Å². The van der Waals surface area contributed by atoms with Crippen molar-refractivity contribution in [1.82, 2.24) is 0 Å². The van der Waals surface area contributed by atoms with Crippen molar-refractivity contribution in [3.8, 4) is 0 Å². The molecule has 2 rings (SSSR count). The summed E-state index contributed by atoms with van der Waals surface area (Å²) in [4.78, 5) is 11.0. The number of rotatable bonds is 1. The van der Waals surface area contributed by atoms with Gasteiger partial charge in [-0.25, -0.2) is 4.39 Å². The van der Waals surface area contributed by atoms with Crippen molar-refractivity contribution in [3.05, 3.63) is 29.1 Å². The van der Waals surface area contributed by atoms with Crippen LogP contribution in [0.15, 0.2) is 12.1 Å². The van der Waals surface area contributed by atoms with E-state index < -0.39 is 5.82 Å². The number of carbonyl (C=O) groups excluding carboxylic acids is 1. The van der Waals surface area contributed by atoms with Crippen LogP contribution in [0.1, 0.15) is 22.8 Å². The molecule has 0 aromatic heterocycles. The first-order chi connectivity index (χ1) is 6.18. The number of hydrogen-bond donors (Lipinski definition) is 1. The zero-order chi connectivity index (χ0) is 9.42. The normalized spacial score (nSPS) is 13.7. The summed E-state index contributed by atoms with van der Waals surface area (Å²) in [5, 5.41) is 3.06. The number of ketones is 1. The van der Waals surface area contributed by atoms with Crippen molar-refractivity contribution < 1.29 is 9.18 Å². The molecular formula is C10H10FNO. The van der Waals surface area contributed by atoms with Crippen molar-refractivity contribution in [2.45, 2.75) is 13.3 Å². The lowest BCUT2D eigenvalue weighted by Crippen LogP contribution is -1.98. The maximum absolute atomic E-state index is 13.2. The van der Waals surface area contributed by atoms with Gasteiger partial charge in [-0.3, -0.25) is 4.79 Å². The smallest absolute Gasteiger partial charge is 0.162 e. The fraction of sp³-hybridized carbons (Fsp3) is 0.300. The van der Waals surface area contributed by atoms with Crippen LogP contribution in [0.2, 0.25) is 0 Å². The molecule has 0 amide bonds. The van der Waals surface area contributed by atoms with Crippen molar-refractivity contribution >= 4 is 11.5 Å². The van der Waals surface area contributed by atoms with Gasteiger partial charge in [0, 0.05) is 12.2 Å². The predicted molar refractivity (Wildman–Crippen MR) is 48.6 cm³/mol. The fourth-order valence-electron chi connectivity index (χ4n) is 1.59. The van der Waals surface area contributed by atoms with E-state index in [1.165, 1.54) is 13.0 Å². The maximum Gasteiger partial charge on any atom is 0.162 e. The third-order valence-electron chi connectivity index (χ3n) is 2.28. The Morgan fingerprint density at radius 2 is 2.31 bits per heavy atom. The van der Waals surface area contributed by atoms with Crippen molar-refractivity contribution in [1.29, 1.82) is 0 Å². The number of halogens is 1. The minimum Gasteiger partial charge on any atom is -0.384 e. The molecule has 0 aliphatic carbocycles. The molecule has 0 fully saturated rings. The molecule has 3 heteroatoms. The zero-order valence-electron chi connectivity index (χ0n) is 7.36. The van der Waals surface area contributed by atoms with Crippen LogP contribution in [0.3, 0.4) is 0 Å². The van der Waals surface area contributed by atoms with E-state index in [-0.39, 0.29) is 11.3 Å². The molecule has 13 heavy (non-hydrogen) atoms. The molecule has 0 radical (unpaired) electrons. The van der Waals surface area contributed by atoms with E-state index in [0.29, 0.717) is 0 Å². The van der Waals surface area contributed by atoms with Crippen LogP contribution in [0, 0.1) is 5.82 Å².